The summed E-state index contributed by atoms with van der Waals surface area (Å²) in [4.78, 5) is 16.4. The number of aromatic nitrogens is 1. The molecule has 0 bridgehead atoms. The summed E-state index contributed by atoms with van der Waals surface area (Å²) in [5.74, 6) is 0.676. The van der Waals surface area contributed by atoms with Gasteiger partial charge in [0.2, 0.25) is 0 Å². The van der Waals surface area contributed by atoms with Gasteiger partial charge < -0.3 is 10.6 Å². The van der Waals surface area contributed by atoms with Crippen molar-refractivity contribution in [1.82, 2.24) is 10.3 Å². The molecule has 4 nitrogen and oxygen atoms in total. The van der Waals surface area contributed by atoms with Crippen LogP contribution in [0.25, 0.3) is 0 Å². The minimum Gasteiger partial charge on any atom is -0.370 e. The highest BCUT2D eigenvalue weighted by Gasteiger charge is 2.09. The number of carbonyl (C=O) groups excluding carboxylic acids is 1. The van der Waals surface area contributed by atoms with Crippen LogP contribution >= 0.6 is 0 Å². The van der Waals surface area contributed by atoms with Gasteiger partial charge in [-0.15, -0.1) is 0 Å². The van der Waals surface area contributed by atoms with Crippen molar-refractivity contribution in [2.24, 2.45) is 0 Å². The Hall–Kier alpha value is -2.36. The molecule has 4 heteroatoms. The number of hydrogen-bond donors (Lipinski definition) is 2. The van der Waals surface area contributed by atoms with Gasteiger partial charge in [0, 0.05) is 24.3 Å². The number of nitrogens with one attached hydrogen (secondary N) is 2. The number of nitrogens with zero attached hydrogens (tertiary/aromatic N) is 1. The van der Waals surface area contributed by atoms with Gasteiger partial charge in [-0.2, -0.15) is 0 Å². The Labute approximate surface area is 132 Å². The zero-order valence-electron chi connectivity index (χ0n) is 13.2. The van der Waals surface area contributed by atoms with E-state index in [0.717, 1.165) is 25.2 Å². The lowest BCUT2D eigenvalue weighted by Gasteiger charge is -2.12. The van der Waals surface area contributed by atoms with Crippen molar-refractivity contribution < 1.29 is 4.79 Å². The molecular weight excluding hydrogens is 274 g/mol. The Morgan fingerprint density at radius 2 is 2.00 bits per heavy atom. The summed E-state index contributed by atoms with van der Waals surface area (Å²) in [5, 5.41) is 6.23. The van der Waals surface area contributed by atoms with E-state index in [1.165, 1.54) is 5.56 Å². The van der Waals surface area contributed by atoms with Crippen LogP contribution in [0.5, 0.6) is 0 Å². The molecule has 0 saturated heterocycles. The molecule has 1 atom stereocenters. The quantitative estimate of drug-likeness (QED) is 0.824. The second kappa shape index (κ2) is 8.17. The maximum atomic E-state index is 12.1. The lowest BCUT2D eigenvalue weighted by Crippen LogP contribution is -2.31. The first kappa shape index (κ1) is 16.0. The fraction of sp³-hybridized carbons (Fsp3) is 0.333. The van der Waals surface area contributed by atoms with Gasteiger partial charge >= 0.3 is 0 Å². The summed E-state index contributed by atoms with van der Waals surface area (Å²) >= 11 is 0. The second-order valence-corrected chi connectivity index (χ2v) is 5.37. The third-order valence-electron chi connectivity index (χ3n) is 3.57. The minimum absolute atomic E-state index is 0.0529. The monoisotopic (exact) mass is 297 g/mol. The number of anilines is 1. The molecule has 116 valence electrons. The Morgan fingerprint density at radius 3 is 2.73 bits per heavy atom. The molecular formula is C18H23N3O. The first-order valence-electron chi connectivity index (χ1n) is 7.73. The highest BCUT2D eigenvalue weighted by atomic mass is 16.1. The molecule has 0 aliphatic heterocycles. The van der Waals surface area contributed by atoms with Crippen molar-refractivity contribution in [2.75, 3.05) is 11.9 Å². The van der Waals surface area contributed by atoms with Crippen LogP contribution in [0.3, 0.4) is 0 Å². The fourth-order valence-electron chi connectivity index (χ4n) is 2.06. The van der Waals surface area contributed by atoms with Gasteiger partial charge in [-0.1, -0.05) is 37.3 Å². The van der Waals surface area contributed by atoms with Crippen LogP contribution in [0.1, 0.15) is 36.2 Å². The average Bonchev–Trinajstić information content (AvgIpc) is 2.56. The van der Waals surface area contributed by atoms with Crippen LogP contribution in [0, 0.1) is 0 Å². The number of rotatable bonds is 7. The average molecular weight is 297 g/mol. The number of hydrogen-bond acceptors (Lipinski definition) is 3. The van der Waals surface area contributed by atoms with Crippen molar-refractivity contribution in [1.29, 1.82) is 0 Å². The zero-order valence-corrected chi connectivity index (χ0v) is 13.2. The van der Waals surface area contributed by atoms with Crippen molar-refractivity contribution >= 4 is 11.7 Å². The first-order chi connectivity index (χ1) is 10.7. The van der Waals surface area contributed by atoms with Crippen LogP contribution < -0.4 is 10.6 Å². The van der Waals surface area contributed by atoms with Crippen molar-refractivity contribution in [3.63, 3.8) is 0 Å². The van der Waals surface area contributed by atoms with Gasteiger partial charge in [0.1, 0.15) is 5.82 Å². The highest BCUT2D eigenvalue weighted by Crippen LogP contribution is 2.08. The molecule has 1 aromatic heterocycles. The lowest BCUT2D eigenvalue weighted by molar-refractivity contribution is 0.0939. The third-order valence-corrected chi connectivity index (χ3v) is 3.57. The Morgan fingerprint density at radius 1 is 1.23 bits per heavy atom. The zero-order chi connectivity index (χ0) is 15.8. The minimum atomic E-state index is -0.0529. The van der Waals surface area contributed by atoms with E-state index in [-0.39, 0.29) is 11.9 Å². The molecule has 0 saturated carbocycles. The van der Waals surface area contributed by atoms with Crippen LogP contribution in [0.2, 0.25) is 0 Å². The molecule has 1 unspecified atom stereocenters. The summed E-state index contributed by atoms with van der Waals surface area (Å²) in [7, 11) is 0. The van der Waals surface area contributed by atoms with Crippen molar-refractivity contribution in [2.45, 2.75) is 32.7 Å². The van der Waals surface area contributed by atoms with Crippen molar-refractivity contribution in [3.8, 4) is 0 Å². The molecule has 22 heavy (non-hydrogen) atoms. The fourth-order valence-corrected chi connectivity index (χ4v) is 2.06. The lowest BCUT2D eigenvalue weighted by atomic mass is 10.1. The van der Waals surface area contributed by atoms with Gasteiger partial charge in [-0.3, -0.25) is 4.79 Å². The molecule has 1 heterocycles. The maximum Gasteiger partial charge on any atom is 0.251 e. The van der Waals surface area contributed by atoms with Crippen LogP contribution in [-0.2, 0) is 6.42 Å². The summed E-state index contributed by atoms with van der Waals surface area (Å²) in [5.41, 5.74) is 1.91. The summed E-state index contributed by atoms with van der Waals surface area (Å²) in [6.07, 6.45) is 3.50. The molecule has 0 aliphatic carbocycles. The molecule has 0 aliphatic rings. The normalized spacial score (nSPS) is 11.7. The largest absolute Gasteiger partial charge is 0.370 e. The van der Waals surface area contributed by atoms with Crippen LogP contribution in [0.15, 0.2) is 48.7 Å². The summed E-state index contributed by atoms with van der Waals surface area (Å²) in [6.45, 7) is 4.83. The van der Waals surface area contributed by atoms with Gasteiger partial charge in [-0.25, -0.2) is 4.98 Å². The van der Waals surface area contributed by atoms with Crippen molar-refractivity contribution in [3.05, 3.63) is 59.8 Å². The molecule has 2 N–H and O–H groups in total. The van der Waals surface area contributed by atoms with E-state index < -0.39 is 0 Å². The van der Waals surface area contributed by atoms with E-state index >= 15 is 0 Å². The molecule has 1 aromatic carbocycles. The number of carbonyl (C=O) groups is 1. The third kappa shape index (κ3) is 4.88. The molecule has 1 amide bonds. The SMILES string of the molecule is CCC(C)NC(=O)c1ccnc(NCCc2ccccc2)c1. The van der Waals surface area contributed by atoms with Crippen LogP contribution in [-0.4, -0.2) is 23.5 Å². The Balaban J connectivity index is 1.89. The maximum absolute atomic E-state index is 12.1. The smallest absolute Gasteiger partial charge is 0.251 e. The molecule has 2 rings (SSSR count). The van der Waals surface area contributed by atoms with Gasteiger partial charge in [0.15, 0.2) is 0 Å². The standard InChI is InChI=1S/C18H23N3O/c1-3-14(2)21-18(22)16-10-12-20-17(13-16)19-11-9-15-7-5-4-6-8-15/h4-8,10,12-14H,3,9,11H2,1-2H3,(H,19,20)(H,21,22). The Bertz CT molecular complexity index is 598. The van der Waals surface area contributed by atoms with E-state index in [4.69, 9.17) is 0 Å². The number of pyridine rings is 1. The summed E-state index contributed by atoms with van der Waals surface area (Å²) < 4.78 is 0. The van der Waals surface area contributed by atoms with E-state index in [2.05, 4.69) is 27.8 Å². The predicted molar refractivity (Wildman–Crippen MR) is 90.1 cm³/mol. The van der Waals surface area contributed by atoms with E-state index in [9.17, 15) is 4.79 Å². The number of benzene rings is 1. The number of amides is 1. The van der Waals surface area contributed by atoms with Gasteiger partial charge in [0.25, 0.3) is 5.91 Å². The van der Waals surface area contributed by atoms with Gasteiger partial charge in [0.05, 0.1) is 0 Å². The van der Waals surface area contributed by atoms with Gasteiger partial charge in [-0.05, 0) is 37.5 Å². The highest BCUT2D eigenvalue weighted by molar-refractivity contribution is 5.94. The summed E-state index contributed by atoms with van der Waals surface area (Å²) in [6, 6.07) is 14.0. The first-order valence-corrected chi connectivity index (χ1v) is 7.73. The predicted octanol–water partition coefficient (Wildman–Crippen LogP) is 3.26. The molecule has 0 fully saturated rings. The van der Waals surface area contributed by atoms with Crippen LogP contribution in [0.4, 0.5) is 5.82 Å². The molecule has 2 aromatic rings. The van der Waals surface area contributed by atoms with E-state index in [1.807, 2.05) is 32.0 Å². The molecule has 0 radical (unpaired) electrons. The van der Waals surface area contributed by atoms with E-state index in [0.29, 0.717) is 5.56 Å². The second-order valence-electron chi connectivity index (χ2n) is 5.37. The molecule has 0 spiro atoms. The Kier molecular flexibility index (Phi) is 5.95. The topological polar surface area (TPSA) is 54.0 Å². The van der Waals surface area contributed by atoms with E-state index in [1.54, 1.807) is 18.3 Å².